The van der Waals surface area contributed by atoms with Crippen molar-refractivity contribution < 1.29 is 23.1 Å². The molecule has 8 heteroatoms. The van der Waals surface area contributed by atoms with Gasteiger partial charge in [-0.2, -0.15) is 0 Å². The van der Waals surface area contributed by atoms with Crippen LogP contribution in [0.15, 0.2) is 42.5 Å². The van der Waals surface area contributed by atoms with Crippen molar-refractivity contribution >= 4 is 17.5 Å². The summed E-state index contributed by atoms with van der Waals surface area (Å²) < 4.78 is 34.4. The number of hydrogen-bond donors (Lipinski definition) is 2. The van der Waals surface area contributed by atoms with Crippen molar-refractivity contribution in [1.29, 1.82) is 0 Å². The van der Waals surface area contributed by atoms with Gasteiger partial charge in [-0.05, 0) is 81.0 Å². The van der Waals surface area contributed by atoms with Crippen molar-refractivity contribution in [1.82, 2.24) is 10.2 Å². The van der Waals surface area contributed by atoms with Crippen LogP contribution in [0.25, 0.3) is 0 Å². The van der Waals surface area contributed by atoms with Gasteiger partial charge >= 0.3 is 6.03 Å². The zero-order chi connectivity index (χ0) is 25.7. The largest absolute Gasteiger partial charge is 0.375 e. The van der Waals surface area contributed by atoms with Gasteiger partial charge in [0.05, 0.1) is 12.1 Å². The van der Waals surface area contributed by atoms with Gasteiger partial charge in [0.2, 0.25) is 0 Å². The minimum Gasteiger partial charge on any atom is -0.375 e. The number of likely N-dealkylation sites (tertiary alicyclic amines) is 1. The minimum absolute atomic E-state index is 0.0990. The van der Waals surface area contributed by atoms with Crippen molar-refractivity contribution in [3.05, 3.63) is 65.0 Å². The number of carbonyl (C=O) groups is 2. The normalized spacial score (nSPS) is 24.8. The molecule has 1 unspecified atom stereocenters. The molecule has 6 nitrogen and oxygen atoms in total. The average molecular weight is 500 g/mol. The monoisotopic (exact) mass is 499 g/mol. The molecule has 2 aliphatic rings. The Kier molecular flexibility index (Phi) is 8.69. The molecule has 0 aromatic heterocycles. The lowest BCUT2D eigenvalue weighted by Gasteiger charge is -2.40. The fraction of sp³-hybridized carbons (Fsp3) is 0.500. The van der Waals surface area contributed by atoms with Crippen molar-refractivity contribution in [3.63, 3.8) is 0 Å². The number of carbonyl (C=O) groups excluding carboxylic acids is 2. The highest BCUT2D eigenvalue weighted by Crippen LogP contribution is 2.25. The van der Waals surface area contributed by atoms with Gasteiger partial charge in [0, 0.05) is 37.4 Å². The van der Waals surface area contributed by atoms with E-state index in [0.29, 0.717) is 30.3 Å². The zero-order valence-electron chi connectivity index (χ0n) is 20.9. The van der Waals surface area contributed by atoms with Gasteiger partial charge in [-0.25, -0.2) is 13.6 Å². The van der Waals surface area contributed by atoms with E-state index in [-0.39, 0.29) is 18.0 Å². The lowest BCUT2D eigenvalue weighted by atomic mass is 9.89. The maximum Gasteiger partial charge on any atom is 0.319 e. The number of halogens is 2. The number of aryl methyl sites for hydroxylation is 1. The van der Waals surface area contributed by atoms with Gasteiger partial charge in [0.1, 0.15) is 12.0 Å². The van der Waals surface area contributed by atoms with Gasteiger partial charge in [0.15, 0.2) is 5.78 Å². The number of nitrogens with one attached hydrogen (secondary N) is 2. The molecule has 0 aliphatic carbocycles. The first-order valence-corrected chi connectivity index (χ1v) is 12.7. The number of urea groups is 1. The molecule has 2 saturated heterocycles. The summed E-state index contributed by atoms with van der Waals surface area (Å²) in [6.45, 7) is 6.00. The second-order valence-corrected chi connectivity index (χ2v) is 10.0. The number of piperidine rings is 1. The third-order valence-electron chi connectivity index (χ3n) is 7.19. The SMILES string of the molecule is CC(=O)c1cccc(NC(=O)N[C@@H]2[C@@H](F)CCO[C@@H]2CN2CCCC(Cc3ccc(F)cc3C)C2)c1. The summed E-state index contributed by atoms with van der Waals surface area (Å²) >= 11 is 0. The van der Waals surface area contributed by atoms with Crippen molar-refractivity contribution in [2.45, 2.75) is 57.8 Å². The third kappa shape index (κ3) is 6.89. The Morgan fingerprint density at radius 2 is 2.00 bits per heavy atom. The van der Waals surface area contributed by atoms with Crippen LogP contribution < -0.4 is 10.6 Å². The fourth-order valence-electron chi connectivity index (χ4n) is 5.27. The number of ketones is 1. The second kappa shape index (κ2) is 11.9. The molecule has 0 spiro atoms. The molecule has 0 bridgehead atoms. The summed E-state index contributed by atoms with van der Waals surface area (Å²) in [6, 6.07) is 10.3. The maximum atomic E-state index is 14.9. The van der Waals surface area contributed by atoms with E-state index in [0.717, 1.165) is 43.5 Å². The minimum atomic E-state index is -1.21. The van der Waals surface area contributed by atoms with Crippen LogP contribution in [0.4, 0.5) is 19.3 Å². The van der Waals surface area contributed by atoms with Gasteiger partial charge in [-0.1, -0.05) is 18.2 Å². The lowest BCUT2D eigenvalue weighted by Crippen LogP contribution is -2.58. The fourth-order valence-corrected chi connectivity index (χ4v) is 5.27. The highest BCUT2D eigenvalue weighted by molar-refractivity contribution is 5.96. The zero-order valence-corrected chi connectivity index (χ0v) is 20.9. The summed E-state index contributed by atoms with van der Waals surface area (Å²) in [6.07, 6.45) is 1.56. The predicted octanol–water partition coefficient (Wildman–Crippen LogP) is 4.91. The third-order valence-corrected chi connectivity index (χ3v) is 7.19. The Morgan fingerprint density at radius 3 is 2.78 bits per heavy atom. The summed E-state index contributed by atoms with van der Waals surface area (Å²) in [7, 11) is 0. The molecule has 2 aliphatic heterocycles. The van der Waals surface area contributed by atoms with Crippen LogP contribution in [0.3, 0.4) is 0 Å². The molecule has 4 atom stereocenters. The molecule has 2 amide bonds. The van der Waals surface area contributed by atoms with E-state index in [9.17, 15) is 18.4 Å². The Bertz CT molecular complexity index is 1080. The number of Topliss-reactive ketones (excluding diaryl/α,β-unsaturated/α-hetero) is 1. The van der Waals surface area contributed by atoms with E-state index in [1.165, 1.54) is 13.0 Å². The Hall–Kier alpha value is -2.84. The summed E-state index contributed by atoms with van der Waals surface area (Å²) in [4.78, 5) is 26.6. The number of amides is 2. The number of rotatable bonds is 7. The van der Waals surface area contributed by atoms with Crippen LogP contribution in [0.2, 0.25) is 0 Å². The van der Waals surface area contributed by atoms with E-state index in [1.807, 2.05) is 13.0 Å². The second-order valence-electron chi connectivity index (χ2n) is 10.0. The van der Waals surface area contributed by atoms with Gasteiger partial charge in [-0.15, -0.1) is 0 Å². The standard InChI is InChI=1S/C28H35F2N3O3/c1-18-13-23(29)9-8-21(18)14-20-5-4-11-33(16-20)17-26-27(25(30)10-12-36-26)32-28(35)31-24-7-3-6-22(15-24)19(2)34/h3,6-9,13,15,20,25-27H,4-5,10-12,14,16-17H2,1-2H3,(H2,31,32,35)/t20?,25-,26+,27+/m0/s1. The molecule has 2 aromatic rings. The molecule has 0 radical (unpaired) electrons. The predicted molar refractivity (Wildman–Crippen MR) is 136 cm³/mol. The summed E-state index contributed by atoms with van der Waals surface area (Å²) in [5.74, 6) is 0.111. The number of benzene rings is 2. The molecular formula is C28H35F2N3O3. The van der Waals surface area contributed by atoms with Crippen LogP contribution in [0, 0.1) is 18.7 Å². The molecule has 2 N–H and O–H groups in total. The first kappa shape index (κ1) is 26.2. The number of anilines is 1. The molecule has 36 heavy (non-hydrogen) atoms. The quantitative estimate of drug-likeness (QED) is 0.531. The van der Waals surface area contributed by atoms with Crippen molar-refractivity contribution in [2.75, 3.05) is 31.6 Å². The van der Waals surface area contributed by atoms with Crippen LogP contribution in [0.5, 0.6) is 0 Å². The summed E-state index contributed by atoms with van der Waals surface area (Å²) in [5, 5.41) is 5.48. The van der Waals surface area contributed by atoms with Crippen LogP contribution >= 0.6 is 0 Å². The molecule has 2 aromatic carbocycles. The molecular weight excluding hydrogens is 464 g/mol. The van der Waals surface area contributed by atoms with Gasteiger partial charge in [-0.3, -0.25) is 4.79 Å². The van der Waals surface area contributed by atoms with Crippen LogP contribution in [-0.4, -0.2) is 61.3 Å². The molecule has 4 rings (SSSR count). The van der Waals surface area contributed by atoms with E-state index < -0.39 is 24.3 Å². The van der Waals surface area contributed by atoms with E-state index in [2.05, 4.69) is 15.5 Å². The summed E-state index contributed by atoms with van der Waals surface area (Å²) in [5.41, 5.74) is 3.09. The van der Waals surface area contributed by atoms with Crippen molar-refractivity contribution in [3.8, 4) is 0 Å². The topological polar surface area (TPSA) is 70.7 Å². The van der Waals surface area contributed by atoms with Crippen molar-refractivity contribution in [2.24, 2.45) is 5.92 Å². The first-order chi connectivity index (χ1) is 17.3. The number of ether oxygens (including phenoxy) is 1. The Labute approximate surface area is 211 Å². The van der Waals surface area contributed by atoms with E-state index in [1.54, 1.807) is 30.3 Å². The van der Waals surface area contributed by atoms with Crippen LogP contribution in [0.1, 0.15) is 47.7 Å². The molecule has 2 heterocycles. The highest BCUT2D eigenvalue weighted by atomic mass is 19.1. The first-order valence-electron chi connectivity index (χ1n) is 12.7. The van der Waals surface area contributed by atoms with Gasteiger partial charge < -0.3 is 20.3 Å². The highest BCUT2D eigenvalue weighted by Gasteiger charge is 2.37. The van der Waals surface area contributed by atoms with E-state index in [4.69, 9.17) is 4.74 Å². The molecule has 0 saturated carbocycles. The number of nitrogens with zero attached hydrogens (tertiary/aromatic N) is 1. The van der Waals surface area contributed by atoms with E-state index >= 15 is 0 Å². The number of hydrogen-bond acceptors (Lipinski definition) is 4. The number of alkyl halides is 1. The smallest absolute Gasteiger partial charge is 0.319 e. The Morgan fingerprint density at radius 1 is 1.17 bits per heavy atom. The lowest BCUT2D eigenvalue weighted by molar-refractivity contribution is -0.0599. The van der Waals surface area contributed by atoms with Crippen LogP contribution in [-0.2, 0) is 11.2 Å². The Balaban J connectivity index is 1.35. The maximum absolute atomic E-state index is 14.9. The molecule has 194 valence electrons. The van der Waals surface area contributed by atoms with Gasteiger partial charge in [0.25, 0.3) is 0 Å². The average Bonchev–Trinajstić information content (AvgIpc) is 2.83. The molecule has 2 fully saturated rings.